The molecule has 0 atom stereocenters. The van der Waals surface area contributed by atoms with Gasteiger partial charge in [0, 0.05) is 0 Å². The second-order valence-corrected chi connectivity index (χ2v) is 10.7. The van der Waals surface area contributed by atoms with Crippen LogP contribution < -0.4 is 0 Å². The van der Waals surface area contributed by atoms with Gasteiger partial charge in [-0.2, -0.15) is 0 Å². The smallest absolute Gasteiger partial charge is 0.337 e. The van der Waals surface area contributed by atoms with E-state index < -0.39 is 0 Å². The molecule has 0 unspecified atom stereocenters. The van der Waals surface area contributed by atoms with E-state index in [-0.39, 0.29) is 16.8 Å². The van der Waals surface area contributed by atoms with Crippen molar-refractivity contribution in [1.29, 1.82) is 0 Å². The number of benzene rings is 4. The van der Waals surface area contributed by atoms with Crippen molar-refractivity contribution >= 4 is 16.7 Å². The van der Waals surface area contributed by atoms with Gasteiger partial charge in [0.25, 0.3) is 0 Å². The van der Waals surface area contributed by atoms with Crippen LogP contribution in [0.2, 0.25) is 0 Å². The van der Waals surface area contributed by atoms with E-state index in [2.05, 4.69) is 108 Å². The Morgan fingerprint density at radius 2 is 1.26 bits per heavy atom. The average Bonchev–Trinajstić information content (AvgIpc) is 2.82. The van der Waals surface area contributed by atoms with Crippen molar-refractivity contribution < 1.29 is 9.53 Å². The van der Waals surface area contributed by atoms with Crippen molar-refractivity contribution in [3.05, 3.63) is 108 Å². The summed E-state index contributed by atoms with van der Waals surface area (Å²) in [5.41, 5.74) is 5.91. The van der Waals surface area contributed by atoms with Crippen LogP contribution in [0.1, 0.15) is 63.0 Å². The number of carbonyl (C=O) groups excluding carboxylic acids is 1. The van der Waals surface area contributed by atoms with Crippen LogP contribution in [0.25, 0.3) is 21.9 Å². The molecule has 0 radical (unpaired) electrons. The molecule has 34 heavy (non-hydrogen) atoms. The van der Waals surface area contributed by atoms with Crippen molar-refractivity contribution in [2.24, 2.45) is 0 Å². The summed E-state index contributed by atoms with van der Waals surface area (Å²) in [5.74, 6) is -0.306. The molecule has 0 fully saturated rings. The quantitative estimate of drug-likeness (QED) is 0.285. The molecule has 4 aromatic rings. The fraction of sp³-hybridized carbons (Fsp3) is 0.281. The molecule has 0 saturated carbocycles. The molecule has 2 nitrogen and oxygen atoms in total. The summed E-state index contributed by atoms with van der Waals surface area (Å²) >= 11 is 0. The number of fused-ring (bicyclic) bond motifs is 1. The minimum absolute atomic E-state index is 0.127. The second-order valence-electron chi connectivity index (χ2n) is 10.7. The van der Waals surface area contributed by atoms with E-state index in [1.54, 1.807) is 12.1 Å². The normalized spacial score (nSPS) is 11.5. The minimum atomic E-state index is -0.306. The molecule has 4 rings (SSSR count). The highest BCUT2D eigenvalue weighted by atomic mass is 16.5. The van der Waals surface area contributed by atoms with Gasteiger partial charge in [-0.3, -0.25) is 0 Å². The van der Waals surface area contributed by atoms with E-state index in [0.717, 1.165) is 11.1 Å². The minimum Gasteiger partial charge on any atom is -0.465 e. The van der Waals surface area contributed by atoms with Crippen molar-refractivity contribution in [2.75, 3.05) is 7.11 Å². The Morgan fingerprint density at radius 3 is 1.88 bits per heavy atom. The summed E-state index contributed by atoms with van der Waals surface area (Å²) in [6.07, 6.45) is 0. The highest BCUT2D eigenvalue weighted by Crippen LogP contribution is 2.30. The lowest BCUT2D eigenvalue weighted by atomic mass is 9.84. The third-order valence-corrected chi connectivity index (χ3v) is 5.97. The molecule has 2 heteroatoms. The number of hydrogen-bond donors (Lipinski definition) is 0. The predicted octanol–water partition coefficient (Wildman–Crippen LogP) is 8.58. The number of ether oxygens (including phenoxy) is 1. The highest BCUT2D eigenvalue weighted by molar-refractivity contribution is 5.90. The molecule has 0 amide bonds. The van der Waals surface area contributed by atoms with Gasteiger partial charge in [0.1, 0.15) is 0 Å². The lowest BCUT2D eigenvalue weighted by Gasteiger charge is -2.21. The van der Waals surface area contributed by atoms with Crippen LogP contribution in [0, 0.1) is 0 Å². The van der Waals surface area contributed by atoms with E-state index in [1.165, 1.54) is 29.0 Å². The summed E-state index contributed by atoms with van der Waals surface area (Å²) in [4.78, 5) is 11.4. The van der Waals surface area contributed by atoms with Crippen LogP contribution in [-0.4, -0.2) is 13.1 Å². The lowest BCUT2D eigenvalue weighted by molar-refractivity contribution is 0.0600. The van der Waals surface area contributed by atoms with Gasteiger partial charge in [0.05, 0.1) is 12.7 Å². The monoisotopic (exact) mass is 452 g/mol. The van der Waals surface area contributed by atoms with Gasteiger partial charge in [-0.25, -0.2) is 4.79 Å². The Kier molecular flexibility index (Phi) is 7.61. The highest BCUT2D eigenvalue weighted by Gasteiger charge is 2.16. The van der Waals surface area contributed by atoms with Crippen LogP contribution in [-0.2, 0) is 15.6 Å². The number of methoxy groups -OCH3 is 1. The Hall–Kier alpha value is -3.39. The first-order valence-corrected chi connectivity index (χ1v) is 11.8. The van der Waals surface area contributed by atoms with Gasteiger partial charge in [0.15, 0.2) is 0 Å². The number of rotatable bonds is 2. The van der Waals surface area contributed by atoms with Gasteiger partial charge in [-0.1, -0.05) is 120 Å². The van der Waals surface area contributed by atoms with E-state index in [1.807, 2.05) is 12.1 Å². The maximum Gasteiger partial charge on any atom is 0.337 e. The molecular weight excluding hydrogens is 416 g/mol. The third kappa shape index (κ3) is 6.14. The van der Waals surface area contributed by atoms with Gasteiger partial charge >= 0.3 is 5.97 Å². The molecule has 0 aliphatic rings. The van der Waals surface area contributed by atoms with Crippen LogP contribution in [0.3, 0.4) is 0 Å². The Morgan fingerprint density at radius 1 is 0.647 bits per heavy atom. The van der Waals surface area contributed by atoms with Crippen molar-refractivity contribution in [2.45, 2.75) is 52.4 Å². The molecule has 176 valence electrons. The van der Waals surface area contributed by atoms with Crippen LogP contribution >= 0.6 is 0 Å². The van der Waals surface area contributed by atoms with Crippen LogP contribution in [0.5, 0.6) is 0 Å². The fourth-order valence-electron chi connectivity index (χ4n) is 3.96. The summed E-state index contributed by atoms with van der Waals surface area (Å²) in [5, 5.41) is 2.71. The van der Waals surface area contributed by atoms with E-state index >= 15 is 0 Å². The molecule has 0 N–H and O–H groups in total. The van der Waals surface area contributed by atoms with E-state index in [9.17, 15) is 4.79 Å². The predicted molar refractivity (Wildman–Crippen MR) is 145 cm³/mol. The van der Waals surface area contributed by atoms with Gasteiger partial charge in [-0.15, -0.1) is 0 Å². The molecule has 0 heterocycles. The first kappa shape index (κ1) is 25.2. The lowest BCUT2D eigenvalue weighted by Crippen LogP contribution is -2.11. The van der Waals surface area contributed by atoms with Gasteiger partial charge in [-0.05, 0) is 56.0 Å². The summed E-state index contributed by atoms with van der Waals surface area (Å²) in [6, 6.07) is 31.1. The number of hydrogen-bond acceptors (Lipinski definition) is 2. The average molecular weight is 453 g/mol. The number of esters is 1. The molecule has 0 bridgehead atoms. The maximum atomic E-state index is 11.4. The summed E-state index contributed by atoms with van der Waals surface area (Å²) < 4.78 is 4.71. The van der Waals surface area contributed by atoms with Crippen molar-refractivity contribution in [1.82, 2.24) is 0 Å². The van der Waals surface area contributed by atoms with Crippen molar-refractivity contribution in [3.63, 3.8) is 0 Å². The van der Waals surface area contributed by atoms with E-state index in [0.29, 0.717) is 5.56 Å². The Balaban J connectivity index is 0.000000202. The zero-order chi connectivity index (χ0) is 24.9. The molecule has 0 aromatic heterocycles. The van der Waals surface area contributed by atoms with Gasteiger partial charge in [0.2, 0.25) is 0 Å². The third-order valence-electron chi connectivity index (χ3n) is 5.97. The summed E-state index contributed by atoms with van der Waals surface area (Å²) in [7, 11) is 1.39. The molecule has 0 spiro atoms. The Labute approximate surface area is 204 Å². The SMILES string of the molecule is CC(C)(C)c1cccc2ccccc12.COC(=O)c1ccc(-c2cccc(C(C)(C)C)c2)cc1. The van der Waals surface area contributed by atoms with Gasteiger partial charge < -0.3 is 4.74 Å². The summed E-state index contributed by atoms with van der Waals surface area (Å²) in [6.45, 7) is 13.4. The molecular formula is C32H36O2. The first-order valence-electron chi connectivity index (χ1n) is 11.8. The molecule has 4 aromatic carbocycles. The maximum absolute atomic E-state index is 11.4. The second kappa shape index (κ2) is 10.3. The first-order chi connectivity index (χ1) is 16.0. The van der Waals surface area contributed by atoms with E-state index in [4.69, 9.17) is 4.74 Å². The van der Waals surface area contributed by atoms with Crippen molar-refractivity contribution in [3.8, 4) is 11.1 Å². The number of carbonyl (C=O) groups is 1. The largest absolute Gasteiger partial charge is 0.465 e. The topological polar surface area (TPSA) is 26.3 Å². The molecule has 0 aliphatic heterocycles. The zero-order valence-corrected chi connectivity index (χ0v) is 21.5. The fourth-order valence-corrected chi connectivity index (χ4v) is 3.96. The molecule has 0 saturated heterocycles. The standard InChI is InChI=1S/C18H20O2.C14H16/c1-18(2,3)16-7-5-6-15(12-16)13-8-10-14(11-9-13)17(19)20-4;1-14(2,3)13-10-6-8-11-7-4-5-9-12(11)13/h5-12H,1-4H3;4-10H,1-3H3. The molecule has 0 aliphatic carbocycles. The Bertz CT molecular complexity index is 1250. The van der Waals surface area contributed by atoms with Crippen LogP contribution in [0.4, 0.5) is 0 Å². The zero-order valence-electron chi connectivity index (χ0n) is 21.5. The van der Waals surface area contributed by atoms with Crippen LogP contribution in [0.15, 0.2) is 91.0 Å².